The molecule has 0 heterocycles. The Bertz CT molecular complexity index is 646. The van der Waals surface area contributed by atoms with Gasteiger partial charge in [0.25, 0.3) is 0 Å². The third-order valence-corrected chi connectivity index (χ3v) is 6.88. The van der Waals surface area contributed by atoms with Gasteiger partial charge in [0.05, 0.1) is 12.2 Å². The quantitative estimate of drug-likeness (QED) is 0.120. The number of unbranched alkanes of at least 4 members (excludes halogenated alkanes) is 8. The lowest BCUT2D eigenvalue weighted by atomic mass is 9.88. The highest BCUT2D eigenvalue weighted by Crippen LogP contribution is 2.34. The van der Waals surface area contributed by atoms with Gasteiger partial charge >= 0.3 is 11.9 Å². The summed E-state index contributed by atoms with van der Waals surface area (Å²) in [5.41, 5.74) is 0. The Labute approximate surface area is 218 Å². The molecule has 1 saturated carbocycles. The van der Waals surface area contributed by atoms with Gasteiger partial charge in [0.15, 0.2) is 0 Å². The zero-order valence-electron chi connectivity index (χ0n) is 22.6. The summed E-state index contributed by atoms with van der Waals surface area (Å²) in [6.45, 7) is 4.44. The molecule has 1 aliphatic rings. The van der Waals surface area contributed by atoms with E-state index in [-0.39, 0.29) is 49.2 Å². The SMILES string of the molecule is CCCCCCC(=O)OCCOC(=O)CCCCCC[C@H]1C(=O)C[C@@H](O)[C@@H]1/C=C/[C@@H](O)CCCCC. The Morgan fingerprint density at radius 3 is 2.06 bits per heavy atom. The normalized spacial score (nSPS) is 20.7. The fourth-order valence-electron chi connectivity index (χ4n) is 4.69. The highest BCUT2D eigenvalue weighted by Gasteiger charge is 2.39. The number of aliphatic hydroxyl groups is 2. The first-order valence-corrected chi connectivity index (χ1v) is 14.3. The summed E-state index contributed by atoms with van der Waals surface area (Å²) in [6.07, 6.45) is 15.3. The second kappa shape index (κ2) is 20.3. The zero-order valence-corrected chi connectivity index (χ0v) is 22.6. The van der Waals surface area contributed by atoms with E-state index in [9.17, 15) is 24.6 Å². The number of esters is 2. The van der Waals surface area contributed by atoms with Crippen LogP contribution in [0.5, 0.6) is 0 Å². The first-order chi connectivity index (χ1) is 17.4. The van der Waals surface area contributed by atoms with Crippen LogP contribution in [-0.2, 0) is 23.9 Å². The molecule has 0 spiro atoms. The summed E-state index contributed by atoms with van der Waals surface area (Å²) in [5.74, 6) is -0.845. The molecule has 0 amide bonds. The number of carbonyl (C=O) groups is 3. The van der Waals surface area contributed by atoms with E-state index in [1.54, 1.807) is 6.08 Å². The maximum Gasteiger partial charge on any atom is 0.305 e. The topological polar surface area (TPSA) is 110 Å². The molecule has 208 valence electrons. The predicted octanol–water partition coefficient (Wildman–Crippen LogP) is 5.45. The van der Waals surface area contributed by atoms with Crippen LogP contribution in [-0.4, -0.2) is 53.4 Å². The van der Waals surface area contributed by atoms with Gasteiger partial charge in [-0.3, -0.25) is 14.4 Å². The fraction of sp³-hybridized carbons (Fsp3) is 0.828. The lowest BCUT2D eigenvalue weighted by Gasteiger charge is -2.18. The van der Waals surface area contributed by atoms with Gasteiger partial charge < -0.3 is 19.7 Å². The smallest absolute Gasteiger partial charge is 0.305 e. The molecule has 2 N–H and O–H groups in total. The van der Waals surface area contributed by atoms with Crippen molar-refractivity contribution in [2.75, 3.05) is 13.2 Å². The lowest BCUT2D eigenvalue weighted by Crippen LogP contribution is -2.19. The van der Waals surface area contributed by atoms with Gasteiger partial charge in [-0.1, -0.05) is 83.8 Å². The Morgan fingerprint density at radius 2 is 1.44 bits per heavy atom. The maximum atomic E-state index is 12.4. The first-order valence-electron chi connectivity index (χ1n) is 14.3. The highest BCUT2D eigenvalue weighted by atomic mass is 16.6. The van der Waals surface area contributed by atoms with Gasteiger partial charge in [0.1, 0.15) is 19.0 Å². The molecule has 4 atom stereocenters. The van der Waals surface area contributed by atoms with Crippen molar-refractivity contribution in [1.29, 1.82) is 0 Å². The minimum Gasteiger partial charge on any atom is -0.462 e. The van der Waals surface area contributed by atoms with Crippen LogP contribution in [0.3, 0.4) is 0 Å². The molecule has 0 aliphatic heterocycles. The number of aliphatic hydroxyl groups excluding tert-OH is 2. The summed E-state index contributed by atoms with van der Waals surface area (Å²) < 4.78 is 10.2. The second-order valence-electron chi connectivity index (χ2n) is 10.1. The molecule has 1 aliphatic carbocycles. The Hall–Kier alpha value is -1.73. The monoisotopic (exact) mass is 510 g/mol. The molecule has 0 saturated heterocycles. The number of hydrogen-bond acceptors (Lipinski definition) is 7. The van der Waals surface area contributed by atoms with Crippen LogP contribution < -0.4 is 0 Å². The molecule has 7 heteroatoms. The van der Waals surface area contributed by atoms with Crippen molar-refractivity contribution in [1.82, 2.24) is 0 Å². The lowest BCUT2D eigenvalue weighted by molar-refractivity contribution is -0.152. The number of carbonyl (C=O) groups excluding carboxylic acids is 3. The van der Waals surface area contributed by atoms with Crippen molar-refractivity contribution < 1.29 is 34.1 Å². The summed E-state index contributed by atoms with van der Waals surface area (Å²) >= 11 is 0. The number of ketones is 1. The summed E-state index contributed by atoms with van der Waals surface area (Å²) in [7, 11) is 0. The van der Waals surface area contributed by atoms with Crippen molar-refractivity contribution in [2.24, 2.45) is 11.8 Å². The minimum atomic E-state index is -0.670. The Morgan fingerprint density at radius 1 is 0.889 bits per heavy atom. The van der Waals surface area contributed by atoms with E-state index in [0.717, 1.165) is 64.2 Å². The van der Waals surface area contributed by atoms with Gasteiger partial charge in [-0.25, -0.2) is 0 Å². The van der Waals surface area contributed by atoms with Crippen LogP contribution in [0.1, 0.15) is 117 Å². The van der Waals surface area contributed by atoms with Gasteiger partial charge in [0.2, 0.25) is 0 Å². The van der Waals surface area contributed by atoms with E-state index in [1.807, 2.05) is 6.08 Å². The van der Waals surface area contributed by atoms with Crippen LogP contribution in [0.25, 0.3) is 0 Å². The highest BCUT2D eigenvalue weighted by molar-refractivity contribution is 5.84. The number of ether oxygens (including phenoxy) is 2. The molecule has 7 nitrogen and oxygen atoms in total. The largest absolute Gasteiger partial charge is 0.462 e. The molecule has 0 unspecified atom stereocenters. The van der Waals surface area contributed by atoms with Gasteiger partial charge in [0, 0.05) is 31.1 Å². The average molecular weight is 511 g/mol. The molecule has 0 bridgehead atoms. The van der Waals surface area contributed by atoms with E-state index in [2.05, 4.69) is 13.8 Å². The summed E-state index contributed by atoms with van der Waals surface area (Å²) in [5, 5.41) is 20.4. The fourth-order valence-corrected chi connectivity index (χ4v) is 4.69. The van der Waals surface area contributed by atoms with Crippen molar-refractivity contribution >= 4 is 17.7 Å². The van der Waals surface area contributed by atoms with E-state index in [4.69, 9.17) is 9.47 Å². The summed E-state index contributed by atoms with van der Waals surface area (Å²) in [6, 6.07) is 0. The van der Waals surface area contributed by atoms with Crippen LogP contribution in [0.4, 0.5) is 0 Å². The van der Waals surface area contributed by atoms with Crippen molar-refractivity contribution in [3.8, 4) is 0 Å². The van der Waals surface area contributed by atoms with Crippen molar-refractivity contribution in [2.45, 2.75) is 129 Å². The van der Waals surface area contributed by atoms with E-state index in [0.29, 0.717) is 32.1 Å². The average Bonchev–Trinajstić information content (AvgIpc) is 3.12. The van der Waals surface area contributed by atoms with Crippen molar-refractivity contribution in [3.63, 3.8) is 0 Å². The number of hydrogen-bond donors (Lipinski definition) is 2. The molecule has 0 radical (unpaired) electrons. The zero-order chi connectivity index (χ0) is 26.6. The third kappa shape index (κ3) is 14.7. The van der Waals surface area contributed by atoms with Crippen LogP contribution in [0.2, 0.25) is 0 Å². The van der Waals surface area contributed by atoms with Crippen LogP contribution >= 0.6 is 0 Å². The molecule has 1 fully saturated rings. The molecule has 1 rings (SSSR count). The molecule has 0 aromatic heterocycles. The first kappa shape index (κ1) is 32.3. The number of Topliss-reactive ketones (excluding diaryl/α,β-unsaturated/α-hetero) is 1. The standard InChI is InChI=1S/C29H50O7/c1-3-5-7-12-16-28(33)35-20-21-36-29(34)17-13-9-8-11-15-24-25(27(32)22-26(24)31)19-18-23(30)14-10-6-4-2/h18-19,23-25,27,30,32H,3-17,20-22H2,1-2H3/b19-18+/t23-,24+,25+,27+/m0/s1. The van der Waals surface area contributed by atoms with Gasteiger partial charge in [-0.05, 0) is 25.7 Å². The number of rotatable bonds is 21. The van der Waals surface area contributed by atoms with E-state index in [1.165, 1.54) is 0 Å². The Kier molecular flexibility index (Phi) is 18.3. The molecular weight excluding hydrogens is 460 g/mol. The van der Waals surface area contributed by atoms with Crippen LogP contribution in [0.15, 0.2) is 12.2 Å². The molecule has 36 heavy (non-hydrogen) atoms. The molecule has 0 aromatic rings. The summed E-state index contributed by atoms with van der Waals surface area (Å²) in [4.78, 5) is 35.8. The van der Waals surface area contributed by atoms with Crippen LogP contribution in [0, 0.1) is 11.8 Å². The van der Waals surface area contributed by atoms with Crippen molar-refractivity contribution in [3.05, 3.63) is 12.2 Å². The second-order valence-corrected chi connectivity index (χ2v) is 10.1. The predicted molar refractivity (Wildman–Crippen MR) is 140 cm³/mol. The van der Waals surface area contributed by atoms with Gasteiger partial charge in [-0.15, -0.1) is 0 Å². The molecule has 0 aromatic carbocycles. The molecular formula is C29H50O7. The van der Waals surface area contributed by atoms with Gasteiger partial charge in [-0.2, -0.15) is 0 Å². The maximum absolute atomic E-state index is 12.4. The Balaban J connectivity index is 2.14. The van der Waals surface area contributed by atoms with E-state index < -0.39 is 12.2 Å². The third-order valence-electron chi connectivity index (χ3n) is 6.88. The minimum absolute atomic E-state index is 0.0911. The van der Waals surface area contributed by atoms with E-state index >= 15 is 0 Å².